The van der Waals surface area contributed by atoms with Crippen LogP contribution in [0.15, 0.2) is 30.5 Å². The van der Waals surface area contributed by atoms with Crippen LogP contribution in [0, 0.1) is 13.8 Å². The van der Waals surface area contributed by atoms with Crippen molar-refractivity contribution in [2.45, 2.75) is 26.4 Å². The lowest BCUT2D eigenvalue weighted by molar-refractivity contribution is 0.102. The predicted octanol–water partition coefficient (Wildman–Crippen LogP) is 3.77. The van der Waals surface area contributed by atoms with Gasteiger partial charge in [0.15, 0.2) is 0 Å². The first kappa shape index (κ1) is 16.7. The molecular weight excluding hydrogens is 328 g/mol. The van der Waals surface area contributed by atoms with Gasteiger partial charge < -0.3 is 14.8 Å². The van der Waals surface area contributed by atoms with Gasteiger partial charge >= 0.3 is 0 Å². The van der Waals surface area contributed by atoms with Crippen LogP contribution in [-0.4, -0.2) is 30.2 Å². The summed E-state index contributed by atoms with van der Waals surface area (Å²) in [6.07, 6.45) is 2.24. The number of hydrogen-bond acceptors (Lipinski definition) is 4. The molecule has 1 unspecified atom stereocenters. The summed E-state index contributed by atoms with van der Waals surface area (Å²) in [5.74, 6) is 0.0734. The van der Waals surface area contributed by atoms with Crippen molar-refractivity contribution in [1.29, 1.82) is 0 Å². The molecule has 5 nitrogen and oxygen atoms in total. The normalized spacial score (nSPS) is 16.9. The fraction of sp³-hybridized carbons (Fsp3) is 0.333. The summed E-state index contributed by atoms with van der Waals surface area (Å²) < 4.78 is 11.0. The molecule has 1 aromatic carbocycles. The Bertz CT molecular complexity index is 758. The minimum absolute atomic E-state index is 0.0374. The Morgan fingerprint density at radius 3 is 2.92 bits per heavy atom. The smallest absolute Gasteiger partial charge is 0.257 e. The van der Waals surface area contributed by atoms with Crippen LogP contribution in [0.4, 0.5) is 5.69 Å². The van der Waals surface area contributed by atoms with Crippen LogP contribution >= 0.6 is 11.6 Å². The molecule has 1 amide bonds. The van der Waals surface area contributed by atoms with Gasteiger partial charge in [0.25, 0.3) is 5.91 Å². The van der Waals surface area contributed by atoms with Gasteiger partial charge in [0.05, 0.1) is 18.8 Å². The molecule has 0 aliphatic carbocycles. The number of anilines is 1. The predicted molar refractivity (Wildman–Crippen MR) is 93.0 cm³/mol. The van der Waals surface area contributed by atoms with Gasteiger partial charge in [0, 0.05) is 18.3 Å². The molecule has 2 heterocycles. The molecule has 0 spiro atoms. The molecule has 1 saturated heterocycles. The van der Waals surface area contributed by atoms with Gasteiger partial charge in [-0.25, -0.2) is 4.98 Å². The standard InChI is InChI=1S/C18H19ClN2O3/c1-11-3-4-12(2)16(7-11)21-17(22)13-8-15(19)18(20-9-13)24-14-5-6-23-10-14/h3-4,7-9,14H,5-6,10H2,1-2H3,(H,21,22). The van der Waals surface area contributed by atoms with Gasteiger partial charge in [-0.2, -0.15) is 0 Å². The van der Waals surface area contributed by atoms with Crippen molar-refractivity contribution in [2.24, 2.45) is 0 Å². The molecular formula is C18H19ClN2O3. The number of halogens is 1. The van der Waals surface area contributed by atoms with Crippen LogP contribution in [0.5, 0.6) is 5.88 Å². The number of ether oxygens (including phenoxy) is 2. The van der Waals surface area contributed by atoms with E-state index in [4.69, 9.17) is 21.1 Å². The van der Waals surface area contributed by atoms with E-state index in [1.807, 2.05) is 32.0 Å². The zero-order valence-electron chi connectivity index (χ0n) is 13.6. The fourth-order valence-electron chi connectivity index (χ4n) is 2.46. The number of benzene rings is 1. The molecule has 126 valence electrons. The van der Waals surface area contributed by atoms with E-state index in [0.29, 0.717) is 29.7 Å². The van der Waals surface area contributed by atoms with E-state index in [1.165, 1.54) is 6.20 Å². The Labute approximate surface area is 145 Å². The van der Waals surface area contributed by atoms with Crippen molar-refractivity contribution in [2.75, 3.05) is 18.5 Å². The molecule has 6 heteroatoms. The summed E-state index contributed by atoms with van der Waals surface area (Å²) in [6.45, 7) is 5.14. The lowest BCUT2D eigenvalue weighted by Gasteiger charge is -2.13. The SMILES string of the molecule is Cc1ccc(C)c(NC(=O)c2cnc(OC3CCOC3)c(Cl)c2)c1. The summed E-state index contributed by atoms with van der Waals surface area (Å²) in [7, 11) is 0. The quantitative estimate of drug-likeness (QED) is 0.915. The first-order chi connectivity index (χ1) is 11.5. The van der Waals surface area contributed by atoms with Crippen molar-refractivity contribution >= 4 is 23.2 Å². The summed E-state index contributed by atoms with van der Waals surface area (Å²) in [5, 5.41) is 3.20. The highest BCUT2D eigenvalue weighted by Gasteiger charge is 2.20. The van der Waals surface area contributed by atoms with Crippen molar-refractivity contribution < 1.29 is 14.3 Å². The number of aryl methyl sites for hydroxylation is 2. The van der Waals surface area contributed by atoms with Crippen LogP contribution in [0.1, 0.15) is 27.9 Å². The summed E-state index contributed by atoms with van der Waals surface area (Å²) >= 11 is 6.20. The number of rotatable bonds is 4. The number of hydrogen-bond donors (Lipinski definition) is 1. The van der Waals surface area contributed by atoms with Crippen LogP contribution < -0.4 is 10.1 Å². The topological polar surface area (TPSA) is 60.5 Å². The number of carbonyl (C=O) groups excluding carboxylic acids is 1. The molecule has 0 saturated carbocycles. The van der Waals surface area contributed by atoms with Crippen LogP contribution in [0.25, 0.3) is 0 Å². The Morgan fingerprint density at radius 2 is 2.21 bits per heavy atom. The molecule has 0 bridgehead atoms. The van der Waals surface area contributed by atoms with E-state index in [2.05, 4.69) is 10.3 Å². The van der Waals surface area contributed by atoms with E-state index in [0.717, 1.165) is 23.2 Å². The Kier molecular flexibility index (Phi) is 5.02. The fourth-order valence-corrected chi connectivity index (χ4v) is 2.68. The largest absolute Gasteiger partial charge is 0.471 e. The number of aromatic nitrogens is 1. The minimum Gasteiger partial charge on any atom is -0.471 e. The first-order valence-corrected chi connectivity index (χ1v) is 8.19. The second kappa shape index (κ2) is 7.20. The van der Waals surface area contributed by atoms with Gasteiger partial charge in [0.1, 0.15) is 11.1 Å². The number of nitrogens with one attached hydrogen (secondary N) is 1. The maximum Gasteiger partial charge on any atom is 0.257 e. The molecule has 1 aliphatic rings. The lowest BCUT2D eigenvalue weighted by Crippen LogP contribution is -2.17. The molecule has 1 fully saturated rings. The zero-order chi connectivity index (χ0) is 17.1. The lowest BCUT2D eigenvalue weighted by atomic mass is 10.1. The van der Waals surface area contributed by atoms with Crippen molar-refractivity contribution in [3.63, 3.8) is 0 Å². The summed E-state index contributed by atoms with van der Waals surface area (Å²) in [5.41, 5.74) is 3.24. The van der Waals surface area contributed by atoms with Gasteiger partial charge in [-0.15, -0.1) is 0 Å². The molecule has 1 atom stereocenters. The number of nitrogens with zero attached hydrogens (tertiary/aromatic N) is 1. The highest BCUT2D eigenvalue weighted by Crippen LogP contribution is 2.26. The second-order valence-corrected chi connectivity index (χ2v) is 6.29. The third kappa shape index (κ3) is 3.86. The third-order valence-electron chi connectivity index (χ3n) is 3.88. The maximum atomic E-state index is 12.4. The van der Waals surface area contributed by atoms with Crippen LogP contribution in [-0.2, 0) is 4.74 Å². The second-order valence-electron chi connectivity index (χ2n) is 5.89. The van der Waals surface area contributed by atoms with Gasteiger partial charge in [-0.3, -0.25) is 4.79 Å². The van der Waals surface area contributed by atoms with E-state index < -0.39 is 0 Å². The Hall–Kier alpha value is -2.11. The summed E-state index contributed by atoms with van der Waals surface area (Å²) in [4.78, 5) is 16.6. The van der Waals surface area contributed by atoms with Gasteiger partial charge in [-0.05, 0) is 37.1 Å². The molecule has 3 rings (SSSR count). The Balaban J connectivity index is 1.73. The number of carbonyl (C=O) groups is 1. The Morgan fingerprint density at radius 1 is 1.38 bits per heavy atom. The molecule has 1 aromatic heterocycles. The average Bonchev–Trinajstić information content (AvgIpc) is 3.06. The van der Waals surface area contributed by atoms with E-state index in [9.17, 15) is 4.79 Å². The molecule has 0 radical (unpaired) electrons. The van der Waals surface area contributed by atoms with Gasteiger partial charge in [0.2, 0.25) is 5.88 Å². The highest BCUT2D eigenvalue weighted by molar-refractivity contribution is 6.32. The van der Waals surface area contributed by atoms with E-state index in [-0.39, 0.29) is 12.0 Å². The maximum absolute atomic E-state index is 12.4. The molecule has 1 N–H and O–H groups in total. The zero-order valence-corrected chi connectivity index (χ0v) is 14.4. The first-order valence-electron chi connectivity index (χ1n) is 7.81. The van der Waals surface area contributed by atoms with Crippen molar-refractivity contribution in [3.05, 3.63) is 52.2 Å². The highest BCUT2D eigenvalue weighted by atomic mass is 35.5. The van der Waals surface area contributed by atoms with E-state index >= 15 is 0 Å². The molecule has 24 heavy (non-hydrogen) atoms. The van der Waals surface area contributed by atoms with Crippen LogP contribution in [0.2, 0.25) is 5.02 Å². The van der Waals surface area contributed by atoms with Gasteiger partial charge in [-0.1, -0.05) is 23.7 Å². The number of pyridine rings is 1. The number of amides is 1. The van der Waals surface area contributed by atoms with E-state index in [1.54, 1.807) is 6.07 Å². The third-order valence-corrected chi connectivity index (χ3v) is 4.15. The van der Waals surface area contributed by atoms with Crippen LogP contribution in [0.3, 0.4) is 0 Å². The van der Waals surface area contributed by atoms with Crippen molar-refractivity contribution in [3.8, 4) is 5.88 Å². The minimum atomic E-state index is -0.256. The molecule has 1 aliphatic heterocycles. The average molecular weight is 347 g/mol. The summed E-state index contributed by atoms with van der Waals surface area (Å²) in [6, 6.07) is 7.47. The van der Waals surface area contributed by atoms with Crippen molar-refractivity contribution in [1.82, 2.24) is 4.98 Å². The monoisotopic (exact) mass is 346 g/mol. The molecule has 2 aromatic rings.